The van der Waals surface area contributed by atoms with Gasteiger partial charge in [-0.1, -0.05) is 29.8 Å². The molecule has 4 aromatic rings. The number of hydrogen-bond donors (Lipinski definition) is 1. The van der Waals surface area contributed by atoms with Crippen molar-refractivity contribution in [2.75, 3.05) is 5.32 Å². The van der Waals surface area contributed by atoms with Crippen LogP contribution in [0.1, 0.15) is 16.1 Å². The maximum absolute atomic E-state index is 13.7. The minimum atomic E-state index is -0.503. The molecule has 0 unspecified atom stereocenters. The van der Waals surface area contributed by atoms with Crippen molar-refractivity contribution in [1.82, 2.24) is 24.4 Å². The number of amides is 1. The summed E-state index contributed by atoms with van der Waals surface area (Å²) in [5, 5.41) is 11.1. The number of halogens is 2. The van der Waals surface area contributed by atoms with Gasteiger partial charge < -0.3 is 5.32 Å². The highest BCUT2D eigenvalue weighted by molar-refractivity contribution is 6.37. The van der Waals surface area contributed by atoms with Gasteiger partial charge in [0.05, 0.1) is 6.54 Å². The predicted molar refractivity (Wildman–Crippen MR) is 93.7 cm³/mol. The van der Waals surface area contributed by atoms with Crippen molar-refractivity contribution in [3.05, 3.63) is 77.1 Å². The van der Waals surface area contributed by atoms with Gasteiger partial charge in [0.2, 0.25) is 0 Å². The van der Waals surface area contributed by atoms with Crippen molar-refractivity contribution in [3.8, 4) is 0 Å². The fraction of sp³-hybridized carbons (Fsp3) is 0.0588. The third kappa shape index (κ3) is 3.02. The number of aromatic nitrogens is 5. The van der Waals surface area contributed by atoms with Gasteiger partial charge in [0.1, 0.15) is 10.8 Å². The maximum Gasteiger partial charge on any atom is 0.279 e. The van der Waals surface area contributed by atoms with Crippen molar-refractivity contribution in [2.45, 2.75) is 6.54 Å². The Kier molecular flexibility index (Phi) is 4.10. The normalized spacial score (nSPS) is 11.0. The monoisotopic (exact) mass is 370 g/mol. The van der Waals surface area contributed by atoms with Gasteiger partial charge in [0, 0.05) is 30.2 Å². The average molecular weight is 371 g/mol. The molecule has 1 aromatic carbocycles. The van der Waals surface area contributed by atoms with E-state index in [0.717, 1.165) is 0 Å². The van der Waals surface area contributed by atoms with E-state index in [0.29, 0.717) is 17.0 Å². The van der Waals surface area contributed by atoms with Crippen LogP contribution in [0, 0.1) is 5.82 Å². The molecule has 130 valence electrons. The van der Waals surface area contributed by atoms with Gasteiger partial charge in [-0.3, -0.25) is 9.48 Å². The van der Waals surface area contributed by atoms with Crippen LogP contribution in [0.15, 0.2) is 55.0 Å². The molecule has 3 heterocycles. The number of benzene rings is 1. The van der Waals surface area contributed by atoms with Crippen molar-refractivity contribution in [2.24, 2.45) is 0 Å². The second kappa shape index (κ2) is 6.57. The molecular weight excluding hydrogens is 359 g/mol. The van der Waals surface area contributed by atoms with E-state index in [1.807, 2.05) is 0 Å². The summed E-state index contributed by atoms with van der Waals surface area (Å²) in [5.41, 5.74) is 0.946. The van der Waals surface area contributed by atoms with Crippen molar-refractivity contribution in [3.63, 3.8) is 0 Å². The van der Waals surface area contributed by atoms with Gasteiger partial charge >= 0.3 is 0 Å². The smallest absolute Gasteiger partial charge is 0.279 e. The lowest BCUT2D eigenvalue weighted by atomic mass is 10.2. The fourth-order valence-corrected chi connectivity index (χ4v) is 2.76. The molecular formula is C17H12ClFN6O. The predicted octanol–water partition coefficient (Wildman–Crippen LogP) is 3.02. The Balaban J connectivity index is 1.52. The highest BCUT2D eigenvalue weighted by Gasteiger charge is 2.19. The zero-order valence-electron chi connectivity index (χ0n) is 13.3. The minimum absolute atomic E-state index is 0.0500. The zero-order chi connectivity index (χ0) is 18.1. The highest BCUT2D eigenvalue weighted by atomic mass is 35.5. The topological polar surface area (TPSA) is 77.1 Å². The molecule has 4 rings (SSSR count). The lowest BCUT2D eigenvalue weighted by Gasteiger charge is -2.03. The first-order valence-electron chi connectivity index (χ1n) is 7.69. The molecule has 9 heteroatoms. The minimum Gasteiger partial charge on any atom is -0.304 e. The first-order valence-corrected chi connectivity index (χ1v) is 8.06. The quantitative estimate of drug-likeness (QED) is 0.599. The summed E-state index contributed by atoms with van der Waals surface area (Å²) < 4.78 is 16.7. The van der Waals surface area contributed by atoms with Crippen LogP contribution in [0.5, 0.6) is 0 Å². The Morgan fingerprint density at radius 3 is 2.81 bits per heavy atom. The Bertz CT molecular complexity index is 1110. The fourth-order valence-electron chi connectivity index (χ4n) is 2.50. The van der Waals surface area contributed by atoms with Gasteiger partial charge in [-0.15, -0.1) is 0 Å². The number of carbonyl (C=O) groups is 1. The van der Waals surface area contributed by atoms with E-state index >= 15 is 0 Å². The van der Waals surface area contributed by atoms with E-state index < -0.39 is 5.91 Å². The van der Waals surface area contributed by atoms with E-state index in [1.54, 1.807) is 48.9 Å². The lowest BCUT2D eigenvalue weighted by molar-refractivity contribution is 0.102. The molecule has 0 saturated heterocycles. The summed E-state index contributed by atoms with van der Waals surface area (Å²) in [6.07, 6.45) is 4.86. The summed E-state index contributed by atoms with van der Waals surface area (Å²) in [6.45, 7) is 0.252. The Hall–Kier alpha value is -3.26. The van der Waals surface area contributed by atoms with Crippen molar-refractivity contribution in [1.29, 1.82) is 0 Å². The molecule has 1 N–H and O–H groups in total. The third-order valence-corrected chi connectivity index (χ3v) is 4.07. The zero-order valence-corrected chi connectivity index (χ0v) is 14.1. The standard InChI is InChI=1S/C17H12ClFN6O/c18-14-15(23-25-8-3-7-20-16(14)25)17(26)21-13-6-9-24(22-13)10-11-4-1-2-5-12(11)19/h1-9H,10H2,(H,21,22,26). The number of nitrogens with one attached hydrogen (secondary N) is 1. The largest absolute Gasteiger partial charge is 0.304 e. The van der Waals surface area contributed by atoms with Crippen molar-refractivity contribution < 1.29 is 9.18 Å². The first kappa shape index (κ1) is 16.2. The molecule has 0 saturated carbocycles. The molecule has 0 spiro atoms. The molecule has 0 fully saturated rings. The number of carbonyl (C=O) groups excluding carboxylic acids is 1. The van der Waals surface area contributed by atoms with E-state index in [2.05, 4.69) is 20.5 Å². The third-order valence-electron chi connectivity index (χ3n) is 3.73. The molecule has 1 amide bonds. The second-order valence-corrected chi connectivity index (χ2v) is 5.87. The van der Waals surface area contributed by atoms with E-state index in [9.17, 15) is 9.18 Å². The van der Waals surface area contributed by atoms with Gasteiger partial charge in [-0.25, -0.2) is 13.9 Å². The molecule has 7 nitrogen and oxygen atoms in total. The number of nitrogens with zero attached hydrogens (tertiary/aromatic N) is 5. The molecule has 3 aromatic heterocycles. The van der Waals surface area contributed by atoms with Crippen LogP contribution in [-0.2, 0) is 6.54 Å². The van der Waals surface area contributed by atoms with E-state index in [1.165, 1.54) is 15.3 Å². The highest BCUT2D eigenvalue weighted by Crippen LogP contribution is 2.20. The second-order valence-electron chi connectivity index (χ2n) is 5.49. The Morgan fingerprint density at radius 1 is 1.15 bits per heavy atom. The molecule has 0 atom stereocenters. The lowest BCUT2D eigenvalue weighted by Crippen LogP contribution is -2.14. The molecule has 0 aliphatic heterocycles. The molecule has 0 aliphatic rings. The van der Waals surface area contributed by atoms with Gasteiger partial charge in [-0.05, 0) is 12.1 Å². The van der Waals surface area contributed by atoms with Gasteiger partial charge in [0.25, 0.3) is 5.91 Å². The van der Waals surface area contributed by atoms with Crippen LogP contribution >= 0.6 is 11.6 Å². The van der Waals surface area contributed by atoms with Crippen molar-refractivity contribution >= 4 is 29.0 Å². The van der Waals surface area contributed by atoms with Crippen LogP contribution in [0.4, 0.5) is 10.2 Å². The van der Waals surface area contributed by atoms with Crippen LogP contribution in [0.25, 0.3) is 5.65 Å². The molecule has 0 radical (unpaired) electrons. The van der Waals surface area contributed by atoms with Crippen LogP contribution in [-0.4, -0.2) is 30.3 Å². The SMILES string of the molecule is O=C(Nc1ccn(Cc2ccccc2F)n1)c1nn2cccnc2c1Cl. The summed E-state index contributed by atoms with van der Waals surface area (Å²) in [5.74, 6) is -0.498. The number of hydrogen-bond acceptors (Lipinski definition) is 4. The molecule has 0 bridgehead atoms. The summed E-state index contributed by atoms with van der Waals surface area (Å²) in [6, 6.07) is 9.74. The summed E-state index contributed by atoms with van der Waals surface area (Å²) in [4.78, 5) is 16.5. The van der Waals surface area contributed by atoms with Gasteiger partial charge in [0.15, 0.2) is 17.2 Å². The molecule has 0 aliphatic carbocycles. The number of fused-ring (bicyclic) bond motifs is 1. The van der Waals surface area contributed by atoms with E-state index in [-0.39, 0.29) is 23.1 Å². The molecule has 26 heavy (non-hydrogen) atoms. The summed E-state index contributed by atoms with van der Waals surface area (Å²) >= 11 is 6.17. The van der Waals surface area contributed by atoms with Crippen LogP contribution in [0.3, 0.4) is 0 Å². The van der Waals surface area contributed by atoms with E-state index in [4.69, 9.17) is 11.6 Å². The number of rotatable bonds is 4. The van der Waals surface area contributed by atoms with Crippen LogP contribution in [0.2, 0.25) is 5.02 Å². The first-order chi connectivity index (χ1) is 12.6. The van der Waals surface area contributed by atoms with Gasteiger partial charge in [-0.2, -0.15) is 10.2 Å². The average Bonchev–Trinajstić information content (AvgIpc) is 3.22. The summed E-state index contributed by atoms with van der Waals surface area (Å²) in [7, 11) is 0. The maximum atomic E-state index is 13.7. The van der Waals surface area contributed by atoms with Crippen LogP contribution < -0.4 is 5.32 Å². The Labute approximate surface area is 152 Å². The number of anilines is 1. The Morgan fingerprint density at radius 2 is 2.00 bits per heavy atom.